The highest BCUT2D eigenvalue weighted by molar-refractivity contribution is 9.10. The predicted molar refractivity (Wildman–Crippen MR) is 65.9 cm³/mol. The summed E-state index contributed by atoms with van der Waals surface area (Å²) in [5, 5.41) is 9.82. The molecule has 0 aromatic heterocycles. The van der Waals surface area contributed by atoms with E-state index < -0.39 is 0 Å². The minimum Gasteiger partial charge on any atom is -0.393 e. The van der Waals surface area contributed by atoms with Crippen molar-refractivity contribution in [3.05, 3.63) is 34.1 Å². The minimum atomic E-state index is -0.305. The monoisotopic (exact) mass is 286 g/mol. The molecule has 2 rings (SSSR count). The molecule has 0 heterocycles. The molecule has 1 aliphatic carbocycles. The van der Waals surface area contributed by atoms with E-state index in [1.54, 1.807) is 6.07 Å². The molecule has 16 heavy (non-hydrogen) atoms. The maximum atomic E-state index is 13.7. The first-order valence-corrected chi connectivity index (χ1v) is 6.41. The first-order chi connectivity index (χ1) is 7.49. The molecule has 0 aliphatic heterocycles. The van der Waals surface area contributed by atoms with Crippen molar-refractivity contribution in [3.63, 3.8) is 0 Å². The zero-order valence-corrected chi connectivity index (χ0v) is 11.1. The third kappa shape index (κ3) is 1.70. The van der Waals surface area contributed by atoms with Gasteiger partial charge in [-0.25, -0.2) is 4.39 Å². The summed E-state index contributed by atoms with van der Waals surface area (Å²) in [6.07, 6.45) is 1.23. The maximum absolute atomic E-state index is 13.7. The Morgan fingerprint density at radius 2 is 2.25 bits per heavy atom. The van der Waals surface area contributed by atoms with Gasteiger partial charge in [-0.3, -0.25) is 0 Å². The minimum absolute atomic E-state index is 0.130. The second-order valence-corrected chi connectivity index (χ2v) is 5.74. The summed E-state index contributed by atoms with van der Waals surface area (Å²) in [6.45, 7) is 4.08. The Morgan fingerprint density at radius 3 is 2.81 bits per heavy atom. The van der Waals surface area contributed by atoms with Gasteiger partial charge in [0.15, 0.2) is 0 Å². The quantitative estimate of drug-likeness (QED) is 0.876. The van der Waals surface area contributed by atoms with E-state index in [9.17, 15) is 9.50 Å². The molecular formula is C13H16BrFO. The van der Waals surface area contributed by atoms with Crippen LogP contribution >= 0.6 is 15.9 Å². The molecule has 1 aliphatic rings. The molecule has 3 atom stereocenters. The van der Waals surface area contributed by atoms with Crippen LogP contribution in [0.15, 0.2) is 22.7 Å². The van der Waals surface area contributed by atoms with Crippen LogP contribution in [0.1, 0.15) is 38.2 Å². The second kappa shape index (κ2) is 4.11. The van der Waals surface area contributed by atoms with Crippen molar-refractivity contribution in [2.24, 2.45) is 5.41 Å². The topological polar surface area (TPSA) is 20.2 Å². The third-order valence-corrected chi connectivity index (χ3v) is 4.60. The zero-order chi connectivity index (χ0) is 11.9. The molecule has 1 aromatic rings. The van der Waals surface area contributed by atoms with E-state index in [0.717, 1.165) is 16.5 Å². The van der Waals surface area contributed by atoms with Crippen LogP contribution < -0.4 is 0 Å². The van der Waals surface area contributed by atoms with E-state index in [1.807, 2.05) is 19.9 Å². The number of benzene rings is 1. The van der Waals surface area contributed by atoms with Crippen LogP contribution in [0.3, 0.4) is 0 Å². The molecule has 3 heteroatoms. The van der Waals surface area contributed by atoms with Gasteiger partial charge < -0.3 is 5.11 Å². The van der Waals surface area contributed by atoms with Crippen LogP contribution in [0.2, 0.25) is 0 Å². The van der Waals surface area contributed by atoms with Crippen LogP contribution in [0.5, 0.6) is 0 Å². The highest BCUT2D eigenvalue weighted by Crippen LogP contribution is 2.55. The van der Waals surface area contributed by atoms with Gasteiger partial charge in [-0.1, -0.05) is 29.8 Å². The first kappa shape index (κ1) is 12.1. The van der Waals surface area contributed by atoms with Crippen LogP contribution in [-0.4, -0.2) is 11.2 Å². The van der Waals surface area contributed by atoms with Gasteiger partial charge in [-0.15, -0.1) is 0 Å². The van der Waals surface area contributed by atoms with Gasteiger partial charge in [0.1, 0.15) is 5.82 Å². The van der Waals surface area contributed by atoms with Crippen molar-refractivity contribution in [3.8, 4) is 0 Å². The van der Waals surface area contributed by atoms with E-state index in [2.05, 4.69) is 15.9 Å². The Morgan fingerprint density at radius 1 is 1.56 bits per heavy atom. The van der Waals surface area contributed by atoms with Gasteiger partial charge in [-0.05, 0) is 42.5 Å². The van der Waals surface area contributed by atoms with Crippen molar-refractivity contribution in [2.45, 2.75) is 38.7 Å². The number of aliphatic hydroxyl groups excluding tert-OH is 1. The fraction of sp³-hybridized carbons (Fsp3) is 0.538. The van der Waals surface area contributed by atoms with Gasteiger partial charge in [0.25, 0.3) is 0 Å². The Hall–Kier alpha value is -0.410. The highest BCUT2D eigenvalue weighted by Gasteiger charge is 2.50. The number of rotatable bonds is 2. The summed E-state index contributed by atoms with van der Waals surface area (Å²) in [4.78, 5) is 0. The Labute approximate surface area is 104 Å². The molecule has 1 N–H and O–H groups in total. The molecule has 1 saturated carbocycles. The van der Waals surface area contributed by atoms with Gasteiger partial charge >= 0.3 is 0 Å². The average Bonchev–Trinajstić information content (AvgIpc) is 2.28. The summed E-state index contributed by atoms with van der Waals surface area (Å²) in [5.74, 6) is -0.0372. The normalized spacial score (nSPS) is 33.6. The number of hydrogen-bond acceptors (Lipinski definition) is 1. The molecule has 88 valence electrons. The first-order valence-electron chi connectivity index (χ1n) is 5.62. The lowest BCUT2D eigenvalue weighted by atomic mass is 9.55. The molecule has 0 amide bonds. The van der Waals surface area contributed by atoms with Gasteiger partial charge in [0, 0.05) is 9.89 Å². The summed E-state index contributed by atoms with van der Waals surface area (Å²) >= 11 is 3.36. The van der Waals surface area contributed by atoms with Crippen molar-refractivity contribution in [2.75, 3.05) is 0 Å². The second-order valence-electron chi connectivity index (χ2n) is 4.83. The lowest BCUT2D eigenvalue weighted by Crippen LogP contribution is -2.49. The van der Waals surface area contributed by atoms with Crippen molar-refractivity contribution >= 4 is 15.9 Å². The Balaban J connectivity index is 2.36. The van der Waals surface area contributed by atoms with Crippen molar-refractivity contribution in [1.29, 1.82) is 0 Å². The predicted octanol–water partition coefficient (Wildman–Crippen LogP) is 3.85. The number of aliphatic hydroxyl groups is 1. The highest BCUT2D eigenvalue weighted by atomic mass is 79.9. The maximum Gasteiger partial charge on any atom is 0.126 e. The van der Waals surface area contributed by atoms with E-state index in [4.69, 9.17) is 0 Å². The molecule has 0 radical (unpaired) electrons. The SMILES string of the molecule is CCC1(C)C(O)CC1c1cc(Br)ccc1F. The molecular weight excluding hydrogens is 271 g/mol. The molecule has 0 spiro atoms. The third-order valence-electron chi connectivity index (χ3n) is 4.11. The largest absolute Gasteiger partial charge is 0.393 e. The molecule has 1 fully saturated rings. The standard InChI is InChI=1S/C13H16BrFO/c1-3-13(2)10(7-12(13)16)9-6-8(14)4-5-11(9)15/h4-6,10,12,16H,3,7H2,1-2H3. The fourth-order valence-electron chi connectivity index (χ4n) is 2.58. The van der Waals surface area contributed by atoms with Crippen molar-refractivity contribution in [1.82, 2.24) is 0 Å². The van der Waals surface area contributed by atoms with Gasteiger partial charge in [-0.2, -0.15) is 0 Å². The van der Waals surface area contributed by atoms with E-state index >= 15 is 0 Å². The molecule has 1 aromatic carbocycles. The van der Waals surface area contributed by atoms with Crippen LogP contribution in [-0.2, 0) is 0 Å². The van der Waals surface area contributed by atoms with E-state index in [0.29, 0.717) is 6.42 Å². The summed E-state index contributed by atoms with van der Waals surface area (Å²) in [6, 6.07) is 5.03. The Kier molecular flexibility index (Phi) is 3.10. The fourth-order valence-corrected chi connectivity index (χ4v) is 2.96. The molecule has 0 saturated heterocycles. The lowest BCUT2D eigenvalue weighted by Gasteiger charge is -2.51. The van der Waals surface area contributed by atoms with E-state index in [1.165, 1.54) is 6.07 Å². The zero-order valence-electron chi connectivity index (χ0n) is 9.50. The molecule has 0 bridgehead atoms. The van der Waals surface area contributed by atoms with Gasteiger partial charge in [0.2, 0.25) is 0 Å². The van der Waals surface area contributed by atoms with Crippen molar-refractivity contribution < 1.29 is 9.50 Å². The number of halogens is 2. The summed E-state index contributed by atoms with van der Waals surface area (Å²) in [7, 11) is 0. The Bertz CT molecular complexity index is 407. The smallest absolute Gasteiger partial charge is 0.126 e. The van der Waals surface area contributed by atoms with Crippen LogP contribution in [0, 0.1) is 11.2 Å². The molecule has 3 unspecified atom stereocenters. The number of hydrogen-bond donors (Lipinski definition) is 1. The van der Waals surface area contributed by atoms with Gasteiger partial charge in [0.05, 0.1) is 6.10 Å². The average molecular weight is 287 g/mol. The van der Waals surface area contributed by atoms with Crippen LogP contribution in [0.25, 0.3) is 0 Å². The van der Waals surface area contributed by atoms with Crippen LogP contribution in [0.4, 0.5) is 4.39 Å². The summed E-state index contributed by atoms with van der Waals surface area (Å²) in [5.41, 5.74) is 0.547. The summed E-state index contributed by atoms with van der Waals surface area (Å²) < 4.78 is 14.6. The van der Waals surface area contributed by atoms with E-state index in [-0.39, 0.29) is 23.3 Å². The lowest BCUT2D eigenvalue weighted by molar-refractivity contribution is -0.0787. The molecule has 1 nitrogen and oxygen atoms in total.